The van der Waals surface area contributed by atoms with Crippen molar-refractivity contribution in [1.82, 2.24) is 9.47 Å². The number of benzene rings is 2. The van der Waals surface area contributed by atoms with Gasteiger partial charge in [0.2, 0.25) is 0 Å². The van der Waals surface area contributed by atoms with Crippen molar-refractivity contribution in [2.24, 2.45) is 0 Å². The third-order valence-corrected chi connectivity index (χ3v) is 5.10. The molecule has 1 aliphatic heterocycles. The Kier molecular flexibility index (Phi) is 4.41. The summed E-state index contributed by atoms with van der Waals surface area (Å²) in [4.78, 5) is 2.52. The van der Waals surface area contributed by atoms with Crippen molar-refractivity contribution in [1.29, 1.82) is 0 Å². The average molecular weight is 334 g/mol. The van der Waals surface area contributed by atoms with E-state index in [0.29, 0.717) is 0 Å². The highest BCUT2D eigenvalue weighted by molar-refractivity contribution is 5.65. The molecule has 2 aromatic carbocycles. The Labute approximate surface area is 148 Å². The number of nitrogens with zero attached hydrogens (tertiary/aromatic N) is 2. The van der Waals surface area contributed by atoms with Crippen LogP contribution in [0.2, 0.25) is 0 Å². The van der Waals surface area contributed by atoms with Gasteiger partial charge in [0.25, 0.3) is 0 Å². The highest BCUT2D eigenvalue weighted by Gasteiger charge is 2.18. The fraction of sp³-hybridized carbons (Fsp3) is 0.273. The van der Waals surface area contributed by atoms with Crippen LogP contribution in [-0.4, -0.2) is 22.6 Å². The van der Waals surface area contributed by atoms with Gasteiger partial charge in [-0.1, -0.05) is 30.3 Å². The Bertz CT molecular complexity index is 844. The SMILES string of the molecule is Cc1c(CN2CCCC2)cc(-c2ccccc2)n1-c1ccc(F)cc1. The van der Waals surface area contributed by atoms with Gasteiger partial charge in [0.15, 0.2) is 0 Å². The molecule has 25 heavy (non-hydrogen) atoms. The van der Waals surface area contributed by atoms with Crippen LogP contribution < -0.4 is 0 Å². The number of rotatable bonds is 4. The molecule has 1 fully saturated rings. The topological polar surface area (TPSA) is 8.17 Å². The minimum absolute atomic E-state index is 0.202. The Hall–Kier alpha value is -2.39. The molecule has 0 spiro atoms. The van der Waals surface area contributed by atoms with Crippen LogP contribution in [0.1, 0.15) is 24.1 Å². The molecule has 0 aliphatic carbocycles. The van der Waals surface area contributed by atoms with Gasteiger partial charge in [-0.15, -0.1) is 0 Å². The summed E-state index contributed by atoms with van der Waals surface area (Å²) in [6.45, 7) is 5.52. The van der Waals surface area contributed by atoms with Crippen molar-refractivity contribution in [2.45, 2.75) is 26.3 Å². The van der Waals surface area contributed by atoms with E-state index in [1.165, 1.54) is 60.6 Å². The maximum absolute atomic E-state index is 13.4. The summed E-state index contributed by atoms with van der Waals surface area (Å²) < 4.78 is 15.6. The van der Waals surface area contributed by atoms with E-state index in [1.807, 2.05) is 18.2 Å². The lowest BCUT2D eigenvalue weighted by molar-refractivity contribution is 0.330. The summed E-state index contributed by atoms with van der Waals surface area (Å²) in [5.74, 6) is -0.202. The number of likely N-dealkylation sites (tertiary alicyclic amines) is 1. The van der Waals surface area contributed by atoms with E-state index in [4.69, 9.17) is 0 Å². The first-order valence-electron chi connectivity index (χ1n) is 8.97. The lowest BCUT2D eigenvalue weighted by Crippen LogP contribution is -2.18. The third-order valence-electron chi connectivity index (χ3n) is 5.10. The fourth-order valence-electron chi connectivity index (χ4n) is 3.74. The molecule has 0 N–H and O–H groups in total. The predicted octanol–water partition coefficient (Wildman–Crippen LogP) is 5.19. The largest absolute Gasteiger partial charge is 0.314 e. The smallest absolute Gasteiger partial charge is 0.123 e. The van der Waals surface area contributed by atoms with Gasteiger partial charge in [0.05, 0.1) is 5.69 Å². The predicted molar refractivity (Wildman–Crippen MR) is 100 cm³/mol. The van der Waals surface area contributed by atoms with E-state index in [2.05, 4.69) is 46.7 Å². The first kappa shape index (κ1) is 16.1. The Morgan fingerprint density at radius 3 is 2.28 bits per heavy atom. The number of hydrogen-bond acceptors (Lipinski definition) is 1. The molecule has 2 nitrogen and oxygen atoms in total. The van der Waals surface area contributed by atoms with Gasteiger partial charge in [-0.25, -0.2) is 4.39 Å². The Balaban J connectivity index is 1.81. The molecule has 128 valence electrons. The lowest BCUT2D eigenvalue weighted by atomic mass is 10.1. The second-order valence-corrected chi connectivity index (χ2v) is 6.80. The van der Waals surface area contributed by atoms with Crippen molar-refractivity contribution in [2.75, 3.05) is 13.1 Å². The monoisotopic (exact) mass is 334 g/mol. The maximum Gasteiger partial charge on any atom is 0.123 e. The molecule has 2 heterocycles. The molecule has 0 unspecified atom stereocenters. The van der Waals surface area contributed by atoms with Gasteiger partial charge in [-0.2, -0.15) is 0 Å². The van der Waals surface area contributed by atoms with Gasteiger partial charge in [0, 0.05) is 17.9 Å². The van der Waals surface area contributed by atoms with Gasteiger partial charge in [0.1, 0.15) is 5.82 Å². The van der Waals surface area contributed by atoms with Crippen molar-refractivity contribution in [3.63, 3.8) is 0 Å². The van der Waals surface area contributed by atoms with Crippen LogP contribution in [0.5, 0.6) is 0 Å². The van der Waals surface area contributed by atoms with Crippen molar-refractivity contribution in [3.05, 3.63) is 77.7 Å². The molecule has 1 aliphatic rings. The molecule has 0 atom stereocenters. The Morgan fingerprint density at radius 1 is 0.920 bits per heavy atom. The van der Waals surface area contributed by atoms with Crippen LogP contribution in [0.3, 0.4) is 0 Å². The minimum atomic E-state index is -0.202. The van der Waals surface area contributed by atoms with Gasteiger partial charge in [-0.3, -0.25) is 4.90 Å². The van der Waals surface area contributed by atoms with Crippen molar-refractivity contribution >= 4 is 0 Å². The summed E-state index contributed by atoms with van der Waals surface area (Å²) >= 11 is 0. The third kappa shape index (κ3) is 3.24. The van der Waals surface area contributed by atoms with E-state index in [1.54, 1.807) is 0 Å². The molecule has 0 saturated carbocycles. The molecule has 0 bridgehead atoms. The van der Waals surface area contributed by atoms with Crippen molar-refractivity contribution in [3.8, 4) is 16.9 Å². The molecule has 1 saturated heterocycles. The summed E-state index contributed by atoms with van der Waals surface area (Å²) in [6, 6.07) is 19.5. The highest BCUT2D eigenvalue weighted by Crippen LogP contribution is 2.30. The second-order valence-electron chi connectivity index (χ2n) is 6.80. The van der Waals surface area contributed by atoms with E-state index in [-0.39, 0.29) is 5.82 Å². The zero-order valence-corrected chi connectivity index (χ0v) is 14.6. The van der Waals surface area contributed by atoms with Crippen molar-refractivity contribution < 1.29 is 4.39 Å². The summed E-state index contributed by atoms with van der Waals surface area (Å²) in [5, 5.41) is 0. The van der Waals surface area contributed by atoms with E-state index in [9.17, 15) is 4.39 Å². The van der Waals surface area contributed by atoms with Crippen LogP contribution in [0.15, 0.2) is 60.7 Å². The number of aromatic nitrogens is 1. The second kappa shape index (κ2) is 6.85. The fourth-order valence-corrected chi connectivity index (χ4v) is 3.74. The normalized spacial score (nSPS) is 15.0. The van der Waals surface area contributed by atoms with Crippen LogP contribution in [0.25, 0.3) is 16.9 Å². The molecule has 3 heteroatoms. The molecule has 0 radical (unpaired) electrons. The standard InChI is InChI=1S/C22H23FN2/c1-17-19(16-24-13-5-6-14-24)15-22(18-7-3-2-4-8-18)25(17)21-11-9-20(23)10-12-21/h2-4,7-12,15H,5-6,13-14,16H2,1H3. The summed E-state index contributed by atoms with van der Waals surface area (Å²) in [7, 11) is 0. The van der Waals surface area contributed by atoms with E-state index >= 15 is 0 Å². The average Bonchev–Trinajstić information content (AvgIpc) is 3.26. The first-order chi connectivity index (χ1) is 12.2. The molecular formula is C22H23FN2. The summed E-state index contributed by atoms with van der Waals surface area (Å²) in [6.07, 6.45) is 2.59. The highest BCUT2D eigenvalue weighted by atomic mass is 19.1. The molecule has 1 aromatic heterocycles. The minimum Gasteiger partial charge on any atom is -0.314 e. The van der Waals surface area contributed by atoms with Gasteiger partial charge >= 0.3 is 0 Å². The van der Waals surface area contributed by atoms with E-state index < -0.39 is 0 Å². The molecule has 4 rings (SSSR count). The van der Waals surface area contributed by atoms with Gasteiger partial charge < -0.3 is 4.57 Å². The zero-order chi connectivity index (χ0) is 17.2. The van der Waals surface area contributed by atoms with E-state index in [0.717, 1.165) is 12.2 Å². The lowest BCUT2D eigenvalue weighted by Gasteiger charge is -2.15. The Morgan fingerprint density at radius 2 is 1.60 bits per heavy atom. The van der Waals surface area contributed by atoms with Crippen LogP contribution in [0, 0.1) is 12.7 Å². The molecule has 0 amide bonds. The first-order valence-corrected chi connectivity index (χ1v) is 8.97. The zero-order valence-electron chi connectivity index (χ0n) is 14.6. The van der Waals surface area contributed by atoms with Crippen LogP contribution >= 0.6 is 0 Å². The van der Waals surface area contributed by atoms with Crippen LogP contribution in [0.4, 0.5) is 4.39 Å². The quantitative estimate of drug-likeness (QED) is 0.637. The number of hydrogen-bond donors (Lipinski definition) is 0. The molecule has 3 aromatic rings. The van der Waals surface area contributed by atoms with Gasteiger partial charge in [-0.05, 0) is 74.3 Å². The molecular weight excluding hydrogens is 311 g/mol. The van der Waals surface area contributed by atoms with Crippen LogP contribution in [-0.2, 0) is 6.54 Å². The summed E-state index contributed by atoms with van der Waals surface area (Å²) in [5.41, 5.74) is 5.94. The maximum atomic E-state index is 13.4. The number of halogens is 1.